The van der Waals surface area contributed by atoms with Gasteiger partial charge in [0.25, 0.3) is 0 Å². The number of rotatable bonds is 2. The summed E-state index contributed by atoms with van der Waals surface area (Å²) in [6.07, 6.45) is 0.619. The Morgan fingerprint density at radius 3 is 2.94 bits per heavy atom. The van der Waals surface area contributed by atoms with E-state index in [0.717, 1.165) is 24.5 Å². The maximum absolute atomic E-state index is 12.1. The molecule has 16 heavy (non-hydrogen) atoms. The summed E-state index contributed by atoms with van der Waals surface area (Å²) in [4.78, 5) is 14.0. The Morgan fingerprint density at radius 2 is 2.19 bits per heavy atom. The van der Waals surface area contributed by atoms with E-state index in [4.69, 9.17) is 0 Å². The third kappa shape index (κ3) is 2.18. The van der Waals surface area contributed by atoms with E-state index in [1.165, 1.54) is 0 Å². The summed E-state index contributed by atoms with van der Waals surface area (Å²) < 4.78 is 0. The van der Waals surface area contributed by atoms with Crippen molar-refractivity contribution in [1.82, 2.24) is 0 Å². The normalized spacial score (nSPS) is 14.6. The number of carbonyl (C=O) groups excluding carboxylic acids is 1. The van der Waals surface area contributed by atoms with Crippen LogP contribution in [0.1, 0.15) is 20.3 Å². The summed E-state index contributed by atoms with van der Waals surface area (Å²) in [5, 5.41) is 3.31. The molecule has 0 radical (unpaired) electrons. The fraction of sp³-hybridized carbons (Fsp3) is 0.462. The average Bonchev–Trinajstić information content (AvgIpc) is 2.27. The fourth-order valence-electron chi connectivity index (χ4n) is 2.00. The highest BCUT2D eigenvalue weighted by molar-refractivity contribution is 5.97. The number of anilines is 2. The van der Waals surface area contributed by atoms with Crippen LogP contribution in [0.2, 0.25) is 0 Å². The zero-order valence-electron chi connectivity index (χ0n) is 9.86. The van der Waals surface area contributed by atoms with E-state index in [0.29, 0.717) is 12.3 Å². The molecule has 1 amide bonds. The second kappa shape index (κ2) is 4.56. The lowest BCUT2D eigenvalue weighted by atomic mass is 10.1. The van der Waals surface area contributed by atoms with Gasteiger partial charge in [0.1, 0.15) is 0 Å². The lowest BCUT2D eigenvalue weighted by Gasteiger charge is -2.30. The summed E-state index contributed by atoms with van der Waals surface area (Å²) >= 11 is 0. The molecule has 2 rings (SSSR count). The van der Waals surface area contributed by atoms with Gasteiger partial charge in [-0.2, -0.15) is 0 Å². The maximum atomic E-state index is 12.1. The Bertz CT molecular complexity index is 387. The SMILES string of the molecule is CC(C)CC(=O)N1CCNc2ccccc21. The number of para-hydroxylation sites is 2. The van der Waals surface area contributed by atoms with Crippen LogP contribution in [-0.2, 0) is 4.79 Å². The van der Waals surface area contributed by atoms with E-state index in [2.05, 4.69) is 19.2 Å². The Morgan fingerprint density at radius 1 is 1.44 bits per heavy atom. The molecule has 1 aliphatic rings. The second-order valence-electron chi connectivity index (χ2n) is 4.59. The lowest BCUT2D eigenvalue weighted by Crippen LogP contribution is -2.39. The summed E-state index contributed by atoms with van der Waals surface area (Å²) in [7, 11) is 0. The van der Waals surface area contributed by atoms with E-state index < -0.39 is 0 Å². The van der Waals surface area contributed by atoms with E-state index >= 15 is 0 Å². The molecule has 0 aliphatic carbocycles. The molecule has 0 bridgehead atoms. The van der Waals surface area contributed by atoms with Gasteiger partial charge in [-0.1, -0.05) is 26.0 Å². The summed E-state index contributed by atoms with van der Waals surface area (Å²) in [6.45, 7) is 5.75. The van der Waals surface area contributed by atoms with Gasteiger partial charge in [0.05, 0.1) is 11.4 Å². The van der Waals surface area contributed by atoms with Gasteiger partial charge in [-0.15, -0.1) is 0 Å². The minimum absolute atomic E-state index is 0.226. The minimum atomic E-state index is 0.226. The van der Waals surface area contributed by atoms with Crippen molar-refractivity contribution in [2.45, 2.75) is 20.3 Å². The van der Waals surface area contributed by atoms with Crippen molar-refractivity contribution in [3.63, 3.8) is 0 Å². The predicted molar refractivity (Wildman–Crippen MR) is 66.7 cm³/mol. The Balaban J connectivity index is 2.21. The maximum Gasteiger partial charge on any atom is 0.227 e. The zero-order chi connectivity index (χ0) is 11.5. The van der Waals surface area contributed by atoms with E-state index in [-0.39, 0.29) is 5.91 Å². The predicted octanol–water partition coefficient (Wildman–Crippen LogP) is 2.49. The van der Waals surface area contributed by atoms with Crippen molar-refractivity contribution in [2.24, 2.45) is 5.92 Å². The summed E-state index contributed by atoms with van der Waals surface area (Å²) in [5.74, 6) is 0.637. The van der Waals surface area contributed by atoms with Crippen LogP contribution in [0.4, 0.5) is 11.4 Å². The van der Waals surface area contributed by atoms with Gasteiger partial charge in [0.15, 0.2) is 0 Å². The molecule has 3 nitrogen and oxygen atoms in total. The Labute approximate surface area is 96.5 Å². The number of benzene rings is 1. The third-order valence-electron chi connectivity index (χ3n) is 2.73. The van der Waals surface area contributed by atoms with Crippen molar-refractivity contribution in [1.29, 1.82) is 0 Å². The van der Waals surface area contributed by atoms with E-state index in [1.807, 2.05) is 29.2 Å². The van der Waals surface area contributed by atoms with Crippen molar-refractivity contribution in [3.05, 3.63) is 24.3 Å². The first-order valence-corrected chi connectivity index (χ1v) is 5.81. The largest absolute Gasteiger partial charge is 0.382 e. The molecule has 1 aromatic carbocycles. The number of amides is 1. The van der Waals surface area contributed by atoms with Crippen molar-refractivity contribution in [3.8, 4) is 0 Å². The molecule has 0 unspecified atom stereocenters. The molecule has 86 valence electrons. The van der Waals surface area contributed by atoms with Gasteiger partial charge in [-0.3, -0.25) is 4.79 Å². The van der Waals surface area contributed by atoms with Gasteiger partial charge in [-0.05, 0) is 18.1 Å². The zero-order valence-corrected chi connectivity index (χ0v) is 9.86. The second-order valence-corrected chi connectivity index (χ2v) is 4.59. The highest BCUT2D eigenvalue weighted by atomic mass is 16.2. The van der Waals surface area contributed by atoms with Gasteiger partial charge in [-0.25, -0.2) is 0 Å². The first-order valence-electron chi connectivity index (χ1n) is 5.81. The first kappa shape index (κ1) is 11.0. The number of carbonyl (C=O) groups is 1. The molecule has 1 aliphatic heterocycles. The molecule has 0 fully saturated rings. The summed E-state index contributed by atoms with van der Waals surface area (Å²) in [5.41, 5.74) is 2.07. The Kier molecular flexibility index (Phi) is 3.13. The van der Waals surface area contributed by atoms with Crippen LogP contribution in [0.3, 0.4) is 0 Å². The summed E-state index contributed by atoms with van der Waals surface area (Å²) in [6, 6.07) is 7.98. The van der Waals surface area contributed by atoms with Crippen LogP contribution >= 0.6 is 0 Å². The molecule has 1 aromatic rings. The number of hydrogen-bond acceptors (Lipinski definition) is 2. The smallest absolute Gasteiger partial charge is 0.227 e. The topological polar surface area (TPSA) is 32.3 Å². The van der Waals surface area contributed by atoms with Crippen molar-refractivity contribution in [2.75, 3.05) is 23.3 Å². The lowest BCUT2D eigenvalue weighted by molar-refractivity contribution is -0.119. The quantitative estimate of drug-likeness (QED) is 0.827. The Hall–Kier alpha value is -1.51. The molecule has 1 heterocycles. The van der Waals surface area contributed by atoms with E-state index in [9.17, 15) is 4.79 Å². The molecule has 1 N–H and O–H groups in total. The van der Waals surface area contributed by atoms with Crippen LogP contribution in [0.15, 0.2) is 24.3 Å². The van der Waals surface area contributed by atoms with Gasteiger partial charge < -0.3 is 10.2 Å². The number of hydrogen-bond donors (Lipinski definition) is 1. The minimum Gasteiger partial charge on any atom is -0.382 e. The molecule has 0 aromatic heterocycles. The molecule has 0 saturated heterocycles. The van der Waals surface area contributed by atoms with Crippen LogP contribution < -0.4 is 10.2 Å². The van der Waals surface area contributed by atoms with Gasteiger partial charge in [0.2, 0.25) is 5.91 Å². The first-order chi connectivity index (χ1) is 7.68. The molecular formula is C13H18N2O. The molecule has 3 heteroatoms. The van der Waals surface area contributed by atoms with E-state index in [1.54, 1.807) is 0 Å². The standard InChI is InChI=1S/C13H18N2O/c1-10(2)9-13(16)15-8-7-14-11-5-3-4-6-12(11)15/h3-6,10,14H,7-9H2,1-2H3. The van der Waals surface area contributed by atoms with Crippen LogP contribution in [0.25, 0.3) is 0 Å². The average molecular weight is 218 g/mol. The third-order valence-corrected chi connectivity index (χ3v) is 2.73. The van der Waals surface area contributed by atoms with Crippen LogP contribution in [0.5, 0.6) is 0 Å². The van der Waals surface area contributed by atoms with Crippen LogP contribution in [0, 0.1) is 5.92 Å². The monoisotopic (exact) mass is 218 g/mol. The van der Waals surface area contributed by atoms with Gasteiger partial charge in [0, 0.05) is 19.5 Å². The number of nitrogens with zero attached hydrogens (tertiary/aromatic N) is 1. The van der Waals surface area contributed by atoms with Gasteiger partial charge >= 0.3 is 0 Å². The van der Waals surface area contributed by atoms with Crippen molar-refractivity contribution >= 4 is 17.3 Å². The highest BCUT2D eigenvalue weighted by Crippen LogP contribution is 2.29. The highest BCUT2D eigenvalue weighted by Gasteiger charge is 2.21. The molecule has 0 saturated carbocycles. The fourth-order valence-corrected chi connectivity index (χ4v) is 2.00. The van der Waals surface area contributed by atoms with Crippen LogP contribution in [-0.4, -0.2) is 19.0 Å². The number of fused-ring (bicyclic) bond motifs is 1. The molecular weight excluding hydrogens is 200 g/mol. The molecule has 0 atom stereocenters. The molecule has 0 spiro atoms. The number of nitrogens with one attached hydrogen (secondary N) is 1. The van der Waals surface area contributed by atoms with Crippen molar-refractivity contribution < 1.29 is 4.79 Å².